The predicted octanol–water partition coefficient (Wildman–Crippen LogP) is 4.78. The Balaban J connectivity index is 0.00000148. The first-order valence-corrected chi connectivity index (χ1v) is 11.9. The molecule has 0 bridgehead atoms. The van der Waals surface area contributed by atoms with E-state index in [4.69, 9.17) is 4.74 Å². The number of benzene rings is 1. The summed E-state index contributed by atoms with van der Waals surface area (Å²) >= 11 is 0. The molecule has 36 heavy (non-hydrogen) atoms. The molecule has 0 amide bonds. The van der Waals surface area contributed by atoms with E-state index in [2.05, 4.69) is 20.0 Å². The molecule has 4 aromatic rings. The highest BCUT2D eigenvalue weighted by molar-refractivity contribution is 5.87. The number of aromatic nitrogens is 4. The minimum atomic E-state index is -4.49. The maximum absolute atomic E-state index is 12.7. The predicted molar refractivity (Wildman–Crippen MR) is 131 cm³/mol. The molecule has 0 saturated heterocycles. The van der Waals surface area contributed by atoms with E-state index < -0.39 is 11.9 Å². The molecular weight excluding hydrogens is 471 g/mol. The van der Waals surface area contributed by atoms with Crippen molar-refractivity contribution < 1.29 is 17.9 Å². The third-order valence-corrected chi connectivity index (χ3v) is 6.03. The van der Waals surface area contributed by atoms with E-state index in [0.717, 1.165) is 49.1 Å². The molecule has 0 fully saturated rings. The van der Waals surface area contributed by atoms with Crippen LogP contribution >= 0.6 is 0 Å². The van der Waals surface area contributed by atoms with Gasteiger partial charge in [-0.25, -0.2) is 0 Å². The highest BCUT2D eigenvalue weighted by Gasteiger charge is 2.32. The Hall–Kier alpha value is -3.66. The van der Waals surface area contributed by atoms with E-state index in [-0.39, 0.29) is 17.9 Å². The molecule has 1 N–H and O–H groups in total. The highest BCUT2D eigenvalue weighted by atomic mass is 19.4. The monoisotopic (exact) mass is 499 g/mol. The second kappa shape index (κ2) is 10.5. The number of alkyl halides is 3. The number of aryl methyl sites for hydroxylation is 1. The minimum absolute atomic E-state index is 0.0365. The number of hydrogen-bond donors (Lipinski definition) is 1. The van der Waals surface area contributed by atoms with Gasteiger partial charge in [-0.3, -0.25) is 9.78 Å². The van der Waals surface area contributed by atoms with Crippen LogP contribution in [-0.4, -0.2) is 25.9 Å². The van der Waals surface area contributed by atoms with E-state index in [1.807, 2.05) is 39.1 Å². The molecule has 0 atom stereocenters. The molecule has 1 aromatic carbocycles. The summed E-state index contributed by atoms with van der Waals surface area (Å²) in [6, 6.07) is 9.33. The summed E-state index contributed by atoms with van der Waals surface area (Å²) in [5, 5.41) is 8.85. The van der Waals surface area contributed by atoms with Crippen molar-refractivity contribution in [2.45, 2.75) is 46.0 Å². The van der Waals surface area contributed by atoms with Crippen molar-refractivity contribution in [2.75, 3.05) is 6.54 Å². The van der Waals surface area contributed by atoms with E-state index in [1.54, 1.807) is 0 Å². The molecule has 4 heterocycles. The number of nitrogens with one attached hydrogen (secondary N) is 1. The van der Waals surface area contributed by atoms with Gasteiger partial charge in [0.1, 0.15) is 18.1 Å². The van der Waals surface area contributed by atoms with Crippen LogP contribution < -0.4 is 15.6 Å². The van der Waals surface area contributed by atoms with Crippen LogP contribution in [0.15, 0.2) is 53.6 Å². The quantitative estimate of drug-likeness (QED) is 0.438. The fraction of sp³-hybridized carbons (Fsp3) is 0.346. The maximum atomic E-state index is 12.7. The van der Waals surface area contributed by atoms with Gasteiger partial charge in [0.25, 0.3) is 5.56 Å². The van der Waals surface area contributed by atoms with E-state index in [9.17, 15) is 18.0 Å². The van der Waals surface area contributed by atoms with E-state index in [1.165, 1.54) is 34.3 Å². The zero-order valence-electron chi connectivity index (χ0n) is 20.4. The van der Waals surface area contributed by atoms with Crippen LogP contribution in [0.25, 0.3) is 16.6 Å². The van der Waals surface area contributed by atoms with Gasteiger partial charge in [-0.2, -0.15) is 23.0 Å². The molecule has 0 radical (unpaired) electrons. The molecule has 0 spiro atoms. The summed E-state index contributed by atoms with van der Waals surface area (Å²) in [4.78, 5) is 16.1. The lowest BCUT2D eigenvalue weighted by Gasteiger charge is -2.10. The number of hydrogen-bond acceptors (Lipinski definition) is 5. The van der Waals surface area contributed by atoms with Crippen LogP contribution in [0.3, 0.4) is 0 Å². The fourth-order valence-corrected chi connectivity index (χ4v) is 4.31. The molecule has 0 aliphatic carbocycles. The molecule has 7 nitrogen and oxygen atoms in total. The van der Waals surface area contributed by atoms with Crippen LogP contribution in [0.5, 0.6) is 5.75 Å². The first-order chi connectivity index (χ1) is 17.3. The van der Waals surface area contributed by atoms with Gasteiger partial charge in [-0.05, 0) is 43.1 Å². The minimum Gasteiger partial charge on any atom is -0.487 e. The molecule has 0 unspecified atom stereocenters. The Morgan fingerprint density at radius 3 is 2.61 bits per heavy atom. The molecule has 5 rings (SSSR count). The summed E-state index contributed by atoms with van der Waals surface area (Å²) in [6.07, 6.45) is 0.0964. The molecule has 3 aromatic heterocycles. The zero-order chi connectivity index (χ0) is 25.9. The number of nitrogens with zero attached hydrogens (tertiary/aromatic N) is 4. The standard InChI is InChI=1S/C24H22F3N5O2.C2H6/c1-31-20-3-2-8-28-13-19(20)18-6-5-16(9-21(18)31)32-23(33)10-17(12-30-32)34-14-15-4-7-22(29-11-15)24(25,26)27;1-2/h4-7,9-12,28H,2-3,8,13-14H2,1H3;1-2H3. The number of ether oxygens (including phenoxy) is 1. The average Bonchev–Trinajstić information content (AvgIpc) is 3.02. The van der Waals surface area contributed by atoms with Crippen molar-refractivity contribution >= 4 is 10.9 Å². The van der Waals surface area contributed by atoms with Gasteiger partial charge < -0.3 is 14.6 Å². The number of fused-ring (bicyclic) bond motifs is 3. The van der Waals surface area contributed by atoms with E-state index >= 15 is 0 Å². The number of rotatable bonds is 4. The first kappa shape index (κ1) is 25.4. The fourth-order valence-electron chi connectivity index (χ4n) is 4.31. The van der Waals surface area contributed by atoms with Crippen molar-refractivity contribution in [3.8, 4) is 11.4 Å². The highest BCUT2D eigenvalue weighted by Crippen LogP contribution is 2.29. The average molecular weight is 500 g/mol. The van der Waals surface area contributed by atoms with Crippen molar-refractivity contribution in [3.63, 3.8) is 0 Å². The summed E-state index contributed by atoms with van der Waals surface area (Å²) in [5.74, 6) is 0.221. The third kappa shape index (κ3) is 5.13. The Kier molecular flexibility index (Phi) is 7.44. The molecule has 0 saturated carbocycles. The summed E-state index contributed by atoms with van der Waals surface area (Å²) in [5.41, 5.74) is 3.38. The molecule has 190 valence electrons. The maximum Gasteiger partial charge on any atom is 0.433 e. The number of pyridine rings is 1. The van der Waals surface area contributed by atoms with Gasteiger partial charge in [0.05, 0.1) is 17.4 Å². The molecular formula is C26H28F3N5O2. The Morgan fingerprint density at radius 2 is 1.92 bits per heavy atom. The lowest BCUT2D eigenvalue weighted by Crippen LogP contribution is -2.20. The Morgan fingerprint density at radius 1 is 1.11 bits per heavy atom. The second-order valence-electron chi connectivity index (χ2n) is 8.25. The van der Waals surface area contributed by atoms with Gasteiger partial charge >= 0.3 is 6.18 Å². The SMILES string of the molecule is CC.Cn1c2c(c3ccc(-n4ncc(OCc5ccc(C(F)(F)F)nc5)cc4=O)cc31)CNCCC2. The summed E-state index contributed by atoms with van der Waals surface area (Å²) in [7, 11) is 2.04. The van der Waals surface area contributed by atoms with Crippen LogP contribution in [0, 0.1) is 0 Å². The van der Waals surface area contributed by atoms with Gasteiger partial charge in [0.15, 0.2) is 0 Å². The third-order valence-electron chi connectivity index (χ3n) is 6.03. The van der Waals surface area contributed by atoms with E-state index in [0.29, 0.717) is 11.3 Å². The second-order valence-corrected chi connectivity index (χ2v) is 8.25. The first-order valence-electron chi connectivity index (χ1n) is 11.9. The van der Waals surface area contributed by atoms with Crippen molar-refractivity contribution in [2.24, 2.45) is 7.05 Å². The van der Waals surface area contributed by atoms with Crippen molar-refractivity contribution in [3.05, 3.63) is 81.7 Å². The van der Waals surface area contributed by atoms with Crippen molar-refractivity contribution in [1.29, 1.82) is 0 Å². The van der Waals surface area contributed by atoms with Crippen LogP contribution in [-0.2, 0) is 32.8 Å². The lowest BCUT2D eigenvalue weighted by molar-refractivity contribution is -0.141. The van der Waals surface area contributed by atoms with Gasteiger partial charge in [0, 0.05) is 42.5 Å². The topological polar surface area (TPSA) is 74.0 Å². The van der Waals surface area contributed by atoms with Crippen LogP contribution in [0.4, 0.5) is 13.2 Å². The summed E-state index contributed by atoms with van der Waals surface area (Å²) < 4.78 is 46.9. The van der Waals surface area contributed by atoms with Gasteiger partial charge in [-0.1, -0.05) is 26.0 Å². The smallest absolute Gasteiger partial charge is 0.433 e. The molecule has 10 heteroatoms. The van der Waals surface area contributed by atoms with Gasteiger partial charge in [-0.15, -0.1) is 0 Å². The van der Waals surface area contributed by atoms with Crippen LogP contribution in [0.2, 0.25) is 0 Å². The Bertz CT molecular complexity index is 1410. The Labute approximate surface area is 206 Å². The molecule has 1 aliphatic heterocycles. The number of halogens is 3. The van der Waals surface area contributed by atoms with Crippen molar-refractivity contribution in [1.82, 2.24) is 24.6 Å². The van der Waals surface area contributed by atoms with Gasteiger partial charge in [0.2, 0.25) is 0 Å². The molecule has 1 aliphatic rings. The largest absolute Gasteiger partial charge is 0.487 e. The van der Waals surface area contributed by atoms with Crippen LogP contribution in [0.1, 0.15) is 42.8 Å². The normalized spacial score (nSPS) is 13.5. The zero-order valence-corrected chi connectivity index (χ0v) is 20.4. The lowest BCUT2D eigenvalue weighted by atomic mass is 10.1. The summed E-state index contributed by atoms with van der Waals surface area (Å²) in [6.45, 7) is 5.78.